The average Bonchev–Trinajstić information content (AvgIpc) is 3.92. The summed E-state index contributed by atoms with van der Waals surface area (Å²) in [5.74, 6) is 0.615. The summed E-state index contributed by atoms with van der Waals surface area (Å²) in [6, 6.07) is 26.5. The standard InChI is InChI=1S/C32H28F3N5O/c33-32(34,35)28-18-27(40(39-28)26-11-4-6-20(16-26)19-36)31(41)37-25-10-5-9-24(17-25)30(21-7-2-1-3-8-21)38-29(22-12-13-22)23-14-15-23/h1-11,16-18,22-23,29-30,38H,12-15H2,(H,37,41). The quantitative estimate of drug-likeness (QED) is 0.236. The van der Waals surface area contributed by atoms with E-state index in [-0.39, 0.29) is 23.0 Å². The van der Waals surface area contributed by atoms with Crippen LogP contribution in [0, 0.1) is 23.2 Å². The Morgan fingerprint density at radius 1 is 0.902 bits per heavy atom. The van der Waals surface area contributed by atoms with Crippen LogP contribution in [0.25, 0.3) is 5.69 Å². The first-order valence-electron chi connectivity index (χ1n) is 13.7. The van der Waals surface area contributed by atoms with Crippen LogP contribution in [0.1, 0.15) is 64.6 Å². The molecule has 41 heavy (non-hydrogen) atoms. The maximum absolute atomic E-state index is 13.6. The molecule has 9 heteroatoms. The van der Waals surface area contributed by atoms with Crippen LogP contribution in [-0.2, 0) is 6.18 Å². The summed E-state index contributed by atoms with van der Waals surface area (Å²) >= 11 is 0. The minimum atomic E-state index is -4.75. The molecule has 0 saturated heterocycles. The van der Waals surface area contributed by atoms with Gasteiger partial charge in [-0.2, -0.15) is 23.5 Å². The Hall–Kier alpha value is -4.42. The summed E-state index contributed by atoms with van der Waals surface area (Å²) in [7, 11) is 0. The van der Waals surface area contributed by atoms with Crippen molar-refractivity contribution in [2.75, 3.05) is 5.32 Å². The zero-order chi connectivity index (χ0) is 28.6. The molecule has 2 aliphatic carbocycles. The van der Waals surface area contributed by atoms with Crippen LogP contribution in [0.3, 0.4) is 0 Å². The van der Waals surface area contributed by atoms with Crippen molar-refractivity contribution in [2.45, 2.75) is 43.9 Å². The zero-order valence-electron chi connectivity index (χ0n) is 22.1. The van der Waals surface area contributed by atoms with Gasteiger partial charge >= 0.3 is 6.18 Å². The summed E-state index contributed by atoms with van der Waals surface area (Å²) in [5.41, 5.74) is 1.44. The van der Waals surface area contributed by atoms with Crippen molar-refractivity contribution in [1.82, 2.24) is 15.1 Å². The number of benzene rings is 3. The van der Waals surface area contributed by atoms with Crippen molar-refractivity contribution in [1.29, 1.82) is 5.26 Å². The first kappa shape index (κ1) is 26.8. The second-order valence-corrected chi connectivity index (χ2v) is 10.8. The second kappa shape index (κ2) is 10.9. The normalized spacial score (nSPS) is 15.9. The molecule has 0 radical (unpaired) electrons. The van der Waals surface area contributed by atoms with E-state index >= 15 is 0 Å². The molecule has 6 nitrogen and oxygen atoms in total. The Morgan fingerprint density at radius 3 is 2.24 bits per heavy atom. The van der Waals surface area contributed by atoms with Crippen molar-refractivity contribution in [3.05, 3.63) is 113 Å². The van der Waals surface area contributed by atoms with E-state index in [2.05, 4.69) is 27.9 Å². The van der Waals surface area contributed by atoms with Gasteiger partial charge in [0, 0.05) is 17.8 Å². The third-order valence-corrected chi connectivity index (χ3v) is 7.68. The maximum atomic E-state index is 13.6. The molecule has 0 aliphatic heterocycles. The molecule has 0 bridgehead atoms. The van der Waals surface area contributed by atoms with Crippen LogP contribution in [0.5, 0.6) is 0 Å². The van der Waals surface area contributed by atoms with Crippen LogP contribution in [-0.4, -0.2) is 21.7 Å². The molecule has 2 fully saturated rings. The Kier molecular flexibility index (Phi) is 7.10. The molecule has 2 N–H and O–H groups in total. The largest absolute Gasteiger partial charge is 0.435 e. The molecule has 6 rings (SSSR count). The fraction of sp³-hybridized carbons (Fsp3) is 0.281. The molecule has 1 aromatic heterocycles. The van der Waals surface area contributed by atoms with Gasteiger partial charge in [0.25, 0.3) is 5.91 Å². The molecule has 0 spiro atoms. The summed E-state index contributed by atoms with van der Waals surface area (Å²) < 4.78 is 41.7. The Labute approximate surface area is 235 Å². The van der Waals surface area contributed by atoms with Gasteiger partial charge in [-0.05, 0) is 79.0 Å². The first-order valence-corrected chi connectivity index (χ1v) is 13.7. The molecule has 1 amide bonds. The van der Waals surface area contributed by atoms with Crippen molar-refractivity contribution < 1.29 is 18.0 Å². The minimum Gasteiger partial charge on any atom is -0.321 e. The van der Waals surface area contributed by atoms with E-state index in [4.69, 9.17) is 0 Å². The fourth-order valence-corrected chi connectivity index (χ4v) is 5.37. The SMILES string of the molecule is N#Cc1cccc(-n2nc(C(F)(F)F)cc2C(=O)Nc2cccc(C(NC(C3CC3)C3CC3)c3ccccc3)c2)c1. The molecule has 1 heterocycles. The third-order valence-electron chi connectivity index (χ3n) is 7.68. The number of alkyl halides is 3. The fourth-order valence-electron chi connectivity index (χ4n) is 5.37. The number of halogens is 3. The highest BCUT2D eigenvalue weighted by Crippen LogP contribution is 2.46. The number of nitrogens with one attached hydrogen (secondary N) is 2. The number of carbonyl (C=O) groups is 1. The zero-order valence-corrected chi connectivity index (χ0v) is 22.1. The maximum Gasteiger partial charge on any atom is 0.435 e. The minimum absolute atomic E-state index is 0.102. The lowest BCUT2D eigenvalue weighted by Gasteiger charge is -2.27. The summed E-state index contributed by atoms with van der Waals surface area (Å²) in [6.07, 6.45) is 0.182. The summed E-state index contributed by atoms with van der Waals surface area (Å²) in [5, 5.41) is 19.6. The van der Waals surface area contributed by atoms with Gasteiger partial charge < -0.3 is 10.6 Å². The van der Waals surface area contributed by atoms with Gasteiger partial charge in [-0.15, -0.1) is 0 Å². The number of aromatic nitrogens is 2. The van der Waals surface area contributed by atoms with Crippen LogP contribution < -0.4 is 10.6 Å². The van der Waals surface area contributed by atoms with Crippen molar-refractivity contribution in [3.63, 3.8) is 0 Å². The molecule has 1 atom stereocenters. The molecule has 3 aromatic carbocycles. The Morgan fingerprint density at radius 2 is 1.59 bits per heavy atom. The predicted octanol–water partition coefficient (Wildman–Crippen LogP) is 6.88. The topological polar surface area (TPSA) is 82.7 Å². The van der Waals surface area contributed by atoms with Gasteiger partial charge in [0.2, 0.25) is 0 Å². The van der Waals surface area contributed by atoms with Gasteiger partial charge in [-0.25, -0.2) is 4.68 Å². The third kappa shape index (κ3) is 6.03. The number of rotatable bonds is 9. The van der Waals surface area contributed by atoms with E-state index in [0.29, 0.717) is 23.6 Å². The number of amides is 1. The molecule has 2 aliphatic rings. The first-order chi connectivity index (χ1) is 19.8. The summed E-state index contributed by atoms with van der Waals surface area (Å²) in [6.45, 7) is 0. The second-order valence-electron chi connectivity index (χ2n) is 10.8. The molecular formula is C32H28F3N5O. The number of hydrogen-bond acceptors (Lipinski definition) is 4. The highest BCUT2D eigenvalue weighted by atomic mass is 19.4. The van der Waals surface area contributed by atoms with Gasteiger partial charge in [0.05, 0.1) is 23.4 Å². The van der Waals surface area contributed by atoms with E-state index in [9.17, 15) is 23.2 Å². The van der Waals surface area contributed by atoms with Crippen LogP contribution in [0.2, 0.25) is 0 Å². The number of nitrogens with zero attached hydrogens (tertiary/aromatic N) is 3. The van der Waals surface area contributed by atoms with Gasteiger partial charge in [0.15, 0.2) is 5.69 Å². The molecular weight excluding hydrogens is 527 g/mol. The van der Waals surface area contributed by atoms with Crippen LogP contribution in [0.15, 0.2) is 84.9 Å². The van der Waals surface area contributed by atoms with Gasteiger partial charge in [-0.1, -0.05) is 48.5 Å². The smallest absolute Gasteiger partial charge is 0.321 e. The highest BCUT2D eigenvalue weighted by Gasteiger charge is 2.42. The molecule has 2 saturated carbocycles. The lowest BCUT2D eigenvalue weighted by atomic mass is 9.95. The van der Waals surface area contributed by atoms with Crippen LogP contribution >= 0.6 is 0 Å². The number of anilines is 1. The summed E-state index contributed by atoms with van der Waals surface area (Å²) in [4.78, 5) is 13.4. The molecule has 208 valence electrons. The van der Waals surface area contributed by atoms with Gasteiger partial charge in [-0.3, -0.25) is 4.79 Å². The molecule has 4 aromatic rings. The molecule has 1 unspecified atom stereocenters. The lowest BCUT2D eigenvalue weighted by molar-refractivity contribution is -0.141. The Balaban J connectivity index is 1.31. The number of nitriles is 1. The average molecular weight is 556 g/mol. The monoisotopic (exact) mass is 555 g/mol. The van der Waals surface area contributed by atoms with Crippen molar-refractivity contribution in [2.24, 2.45) is 11.8 Å². The van der Waals surface area contributed by atoms with E-state index in [1.54, 1.807) is 6.07 Å². The van der Waals surface area contributed by atoms with E-state index in [1.807, 2.05) is 42.5 Å². The van der Waals surface area contributed by atoms with Crippen molar-refractivity contribution in [3.8, 4) is 11.8 Å². The Bertz CT molecular complexity index is 1590. The van der Waals surface area contributed by atoms with Crippen LogP contribution in [0.4, 0.5) is 18.9 Å². The number of carbonyl (C=O) groups excluding carboxylic acids is 1. The predicted molar refractivity (Wildman–Crippen MR) is 148 cm³/mol. The van der Waals surface area contributed by atoms with E-state index in [1.165, 1.54) is 49.9 Å². The van der Waals surface area contributed by atoms with Crippen molar-refractivity contribution >= 4 is 11.6 Å². The van der Waals surface area contributed by atoms with Gasteiger partial charge in [0.1, 0.15) is 5.69 Å². The highest BCUT2D eigenvalue weighted by molar-refractivity contribution is 6.03. The lowest BCUT2D eigenvalue weighted by Crippen LogP contribution is -2.37. The van der Waals surface area contributed by atoms with E-state index < -0.39 is 17.8 Å². The van der Waals surface area contributed by atoms with E-state index in [0.717, 1.165) is 21.9 Å². The number of hydrogen-bond donors (Lipinski definition) is 2.